The SMILES string of the molecule is CC=CC1C(c2ccc(C(F)(F)F)cc2)N(CC(C)(O)Cn2cc([N+](=O)[O-])nc2Sc2c(Cl)cccc2[N+](=O)[O-])CCN1C(=O)O. The quantitative estimate of drug-likeness (QED) is 0.141. The van der Waals surface area contributed by atoms with Crippen molar-refractivity contribution >= 4 is 41.0 Å². The van der Waals surface area contributed by atoms with Crippen LogP contribution in [0.25, 0.3) is 0 Å². The number of allylic oxidation sites excluding steroid dienone is 1. The molecule has 46 heavy (non-hydrogen) atoms. The number of aromatic nitrogens is 2. The highest BCUT2D eigenvalue weighted by Crippen LogP contribution is 2.41. The number of halogens is 4. The number of rotatable bonds is 10. The summed E-state index contributed by atoms with van der Waals surface area (Å²) in [4.78, 5) is 40.8. The Morgan fingerprint density at radius 1 is 1.13 bits per heavy atom. The van der Waals surface area contributed by atoms with Crippen molar-refractivity contribution in [2.45, 2.75) is 54.3 Å². The minimum absolute atomic E-state index is 0.00821. The molecule has 18 heteroatoms. The largest absolute Gasteiger partial charge is 0.465 e. The number of piperazine rings is 1. The van der Waals surface area contributed by atoms with Crippen molar-refractivity contribution in [1.82, 2.24) is 19.4 Å². The van der Waals surface area contributed by atoms with Crippen molar-refractivity contribution in [3.05, 3.63) is 97.2 Å². The Hall–Kier alpha value is -4.19. The average Bonchev–Trinajstić information content (AvgIpc) is 3.35. The number of hydrogen-bond donors (Lipinski definition) is 2. The van der Waals surface area contributed by atoms with Crippen LogP contribution in [-0.2, 0) is 12.7 Å². The fourth-order valence-electron chi connectivity index (χ4n) is 5.35. The predicted molar refractivity (Wildman–Crippen MR) is 161 cm³/mol. The Kier molecular flexibility index (Phi) is 10.3. The van der Waals surface area contributed by atoms with Crippen molar-refractivity contribution in [2.75, 3.05) is 19.6 Å². The van der Waals surface area contributed by atoms with Gasteiger partial charge < -0.3 is 20.3 Å². The lowest BCUT2D eigenvalue weighted by atomic mass is 9.91. The number of carbonyl (C=O) groups is 1. The molecule has 1 amide bonds. The summed E-state index contributed by atoms with van der Waals surface area (Å²) in [5.41, 5.74) is -2.55. The number of nitro groups is 2. The number of β-amino-alcohol motifs (C(OH)–C–C–N with tert-alkyl or cyclic N) is 1. The van der Waals surface area contributed by atoms with Gasteiger partial charge in [0.05, 0.1) is 39.7 Å². The third kappa shape index (κ3) is 7.78. The smallest absolute Gasteiger partial charge is 0.416 e. The molecule has 1 fully saturated rings. The highest BCUT2D eigenvalue weighted by molar-refractivity contribution is 7.99. The van der Waals surface area contributed by atoms with Crippen molar-refractivity contribution < 1.29 is 38.0 Å². The van der Waals surface area contributed by atoms with E-state index in [2.05, 4.69) is 4.98 Å². The van der Waals surface area contributed by atoms with E-state index in [9.17, 15) is 48.4 Å². The van der Waals surface area contributed by atoms with Crippen LogP contribution < -0.4 is 0 Å². The molecular weight excluding hydrogens is 657 g/mol. The van der Waals surface area contributed by atoms with Gasteiger partial charge in [0.2, 0.25) is 0 Å². The zero-order valence-electron chi connectivity index (χ0n) is 24.3. The van der Waals surface area contributed by atoms with Crippen LogP contribution in [0.3, 0.4) is 0 Å². The molecule has 3 aromatic rings. The summed E-state index contributed by atoms with van der Waals surface area (Å²) in [6, 6.07) is 6.70. The first kappa shape index (κ1) is 34.7. The number of amides is 1. The summed E-state index contributed by atoms with van der Waals surface area (Å²) in [5, 5.41) is 44.7. The number of hydrogen-bond acceptors (Lipinski definition) is 9. The predicted octanol–water partition coefficient (Wildman–Crippen LogP) is 6.26. The van der Waals surface area contributed by atoms with Crippen molar-refractivity contribution in [2.24, 2.45) is 0 Å². The highest BCUT2D eigenvalue weighted by Gasteiger charge is 2.42. The van der Waals surface area contributed by atoms with Gasteiger partial charge in [0.1, 0.15) is 11.1 Å². The first-order chi connectivity index (χ1) is 21.5. The number of aliphatic hydroxyl groups is 1. The molecule has 1 saturated heterocycles. The van der Waals surface area contributed by atoms with E-state index in [4.69, 9.17) is 11.6 Å². The van der Waals surface area contributed by atoms with Gasteiger partial charge in [-0.3, -0.25) is 24.5 Å². The molecule has 0 saturated carbocycles. The molecule has 1 aliphatic rings. The van der Waals surface area contributed by atoms with Gasteiger partial charge in [-0.1, -0.05) is 42.0 Å². The van der Waals surface area contributed by atoms with Crippen LogP contribution in [0.2, 0.25) is 5.02 Å². The number of imidazole rings is 1. The summed E-state index contributed by atoms with van der Waals surface area (Å²) in [7, 11) is 0. The molecule has 0 bridgehead atoms. The van der Waals surface area contributed by atoms with Gasteiger partial charge in [-0.15, -0.1) is 0 Å². The van der Waals surface area contributed by atoms with E-state index in [1.807, 2.05) is 0 Å². The van der Waals surface area contributed by atoms with E-state index in [0.717, 1.165) is 23.2 Å². The Labute approximate surface area is 269 Å². The lowest BCUT2D eigenvalue weighted by Gasteiger charge is -2.47. The lowest BCUT2D eigenvalue weighted by Crippen LogP contribution is -2.58. The zero-order valence-corrected chi connectivity index (χ0v) is 25.9. The van der Waals surface area contributed by atoms with E-state index < -0.39 is 51.2 Å². The van der Waals surface area contributed by atoms with Crippen LogP contribution >= 0.6 is 23.4 Å². The maximum Gasteiger partial charge on any atom is 0.416 e. The minimum atomic E-state index is -4.59. The minimum Gasteiger partial charge on any atom is -0.465 e. The van der Waals surface area contributed by atoms with E-state index in [1.165, 1.54) is 41.8 Å². The number of nitro benzene ring substituents is 1. The summed E-state index contributed by atoms with van der Waals surface area (Å²) in [5.74, 6) is -0.584. The number of benzene rings is 2. The van der Waals surface area contributed by atoms with Gasteiger partial charge in [0.15, 0.2) is 0 Å². The fraction of sp³-hybridized carbons (Fsp3) is 0.357. The second-order valence-electron chi connectivity index (χ2n) is 10.7. The Bertz CT molecular complexity index is 1650. The average molecular weight is 685 g/mol. The molecule has 3 atom stereocenters. The van der Waals surface area contributed by atoms with Gasteiger partial charge >= 0.3 is 18.1 Å². The summed E-state index contributed by atoms with van der Waals surface area (Å²) < 4.78 is 41.2. The molecule has 2 N–H and O–H groups in total. The Balaban J connectivity index is 1.70. The third-order valence-corrected chi connectivity index (χ3v) is 8.79. The van der Waals surface area contributed by atoms with E-state index in [0.29, 0.717) is 17.3 Å². The standard InChI is InChI=1S/C28H28ClF3N6O7S/c1-3-5-20-23(17-8-10-18(11-9-17)28(30,31)32)34(12-13-36(20)26(39)40)15-27(2,41)16-35-14-22(38(44)45)33-25(35)46-24-19(29)6-4-7-21(24)37(42)43/h3-11,14,20,23,41H,12-13,15-16H2,1-2H3,(H,39,40). The second kappa shape index (κ2) is 13.7. The molecule has 13 nitrogen and oxygen atoms in total. The van der Waals surface area contributed by atoms with Gasteiger partial charge in [0.25, 0.3) is 10.8 Å². The summed E-state index contributed by atoms with van der Waals surface area (Å²) in [6.45, 7) is 2.77. The van der Waals surface area contributed by atoms with E-state index in [-0.39, 0.29) is 46.9 Å². The lowest BCUT2D eigenvalue weighted by molar-refractivity contribution is -0.389. The molecule has 0 spiro atoms. The highest BCUT2D eigenvalue weighted by atomic mass is 35.5. The van der Waals surface area contributed by atoms with Gasteiger partial charge in [-0.2, -0.15) is 13.2 Å². The first-order valence-electron chi connectivity index (χ1n) is 13.6. The second-order valence-corrected chi connectivity index (χ2v) is 12.1. The summed E-state index contributed by atoms with van der Waals surface area (Å²) in [6.07, 6.45) is -1.51. The molecule has 3 unspecified atom stereocenters. The Morgan fingerprint density at radius 3 is 2.37 bits per heavy atom. The van der Waals surface area contributed by atoms with Crippen molar-refractivity contribution in [3.8, 4) is 0 Å². The maximum absolute atomic E-state index is 13.3. The normalized spacial score (nSPS) is 18.9. The third-order valence-electron chi connectivity index (χ3n) is 7.22. The van der Waals surface area contributed by atoms with Crippen LogP contribution in [0.1, 0.15) is 31.0 Å². The fourth-order valence-corrected chi connectivity index (χ4v) is 6.61. The molecule has 2 aromatic carbocycles. The molecule has 0 radical (unpaired) electrons. The number of nitrogens with zero attached hydrogens (tertiary/aromatic N) is 6. The monoisotopic (exact) mass is 684 g/mol. The molecule has 1 aliphatic heterocycles. The number of alkyl halides is 3. The van der Waals surface area contributed by atoms with Crippen molar-refractivity contribution in [1.29, 1.82) is 0 Å². The van der Waals surface area contributed by atoms with Gasteiger partial charge in [-0.05, 0) is 59.3 Å². The van der Waals surface area contributed by atoms with Crippen LogP contribution in [0.5, 0.6) is 0 Å². The molecule has 246 valence electrons. The molecule has 2 heterocycles. The van der Waals surface area contributed by atoms with Gasteiger partial charge in [0, 0.05) is 25.7 Å². The van der Waals surface area contributed by atoms with E-state index >= 15 is 0 Å². The molecular formula is C28H28ClF3N6O7S. The molecule has 0 aliphatic carbocycles. The van der Waals surface area contributed by atoms with Crippen LogP contribution in [0.4, 0.5) is 29.5 Å². The van der Waals surface area contributed by atoms with Gasteiger partial charge in [-0.25, -0.2) is 4.79 Å². The van der Waals surface area contributed by atoms with Crippen LogP contribution in [0, 0.1) is 20.2 Å². The maximum atomic E-state index is 13.3. The number of carboxylic acid groups (broad SMARTS) is 1. The Morgan fingerprint density at radius 2 is 1.80 bits per heavy atom. The molecule has 1 aromatic heterocycles. The van der Waals surface area contributed by atoms with Crippen LogP contribution in [-0.4, -0.2) is 76.8 Å². The van der Waals surface area contributed by atoms with Crippen LogP contribution in [0.15, 0.2) is 70.9 Å². The van der Waals surface area contributed by atoms with Crippen molar-refractivity contribution in [3.63, 3.8) is 0 Å². The first-order valence-corrected chi connectivity index (χ1v) is 14.8. The summed E-state index contributed by atoms with van der Waals surface area (Å²) >= 11 is 6.93. The van der Waals surface area contributed by atoms with E-state index in [1.54, 1.807) is 24.0 Å². The molecule has 4 rings (SSSR count). The zero-order chi connectivity index (χ0) is 34.0. The topological polar surface area (TPSA) is 168 Å².